The number of halogens is 3. The Morgan fingerprint density at radius 2 is 2.00 bits per heavy atom. The van der Waals surface area contributed by atoms with Crippen molar-refractivity contribution in [2.24, 2.45) is 11.8 Å². The van der Waals surface area contributed by atoms with E-state index in [4.69, 9.17) is 14.2 Å². The maximum absolute atomic E-state index is 12.8. The van der Waals surface area contributed by atoms with E-state index in [0.717, 1.165) is 44.2 Å². The quantitative estimate of drug-likeness (QED) is 0.202. The first-order chi connectivity index (χ1) is 16.6. The molecule has 5 nitrogen and oxygen atoms in total. The molecule has 1 aliphatic carbocycles. The predicted octanol–water partition coefficient (Wildman–Crippen LogP) is 6.11. The lowest BCUT2D eigenvalue weighted by Crippen LogP contribution is -2.20. The number of hydrogen-bond donors (Lipinski definition) is 1. The largest absolute Gasteiger partial charge is 0.491 e. The van der Waals surface area contributed by atoms with Crippen LogP contribution >= 0.6 is 0 Å². The molecule has 0 radical (unpaired) electrons. The summed E-state index contributed by atoms with van der Waals surface area (Å²) in [7, 11) is 1.70. The highest BCUT2D eigenvalue weighted by Gasteiger charge is 2.34. The lowest BCUT2D eigenvalue weighted by atomic mass is 9.90. The molecule has 0 amide bonds. The zero-order chi connectivity index (χ0) is 25.8. The van der Waals surface area contributed by atoms with Gasteiger partial charge in [-0.2, -0.15) is 13.2 Å². The highest BCUT2D eigenvalue weighted by Crippen LogP contribution is 2.37. The van der Waals surface area contributed by atoms with Gasteiger partial charge in [0.1, 0.15) is 18.5 Å². The Kier molecular flexibility index (Phi) is 11.8. The van der Waals surface area contributed by atoms with Crippen LogP contribution in [0.4, 0.5) is 13.2 Å². The third-order valence-corrected chi connectivity index (χ3v) is 5.97. The molecule has 0 bridgehead atoms. The van der Waals surface area contributed by atoms with Crippen molar-refractivity contribution in [2.75, 3.05) is 13.7 Å². The number of allylic oxidation sites excluding steroid dienone is 3. The summed E-state index contributed by atoms with van der Waals surface area (Å²) in [5.41, 5.74) is -0.789. The summed E-state index contributed by atoms with van der Waals surface area (Å²) < 4.78 is 54.6. The summed E-state index contributed by atoms with van der Waals surface area (Å²) >= 11 is 0. The van der Waals surface area contributed by atoms with Gasteiger partial charge in [0.05, 0.1) is 17.8 Å². The number of ether oxygens (including phenoxy) is 3. The summed E-state index contributed by atoms with van der Waals surface area (Å²) in [6.07, 6.45) is 7.04. The van der Waals surface area contributed by atoms with Gasteiger partial charge in [-0.3, -0.25) is 4.79 Å². The summed E-state index contributed by atoms with van der Waals surface area (Å²) in [5, 5.41) is 10.3. The highest BCUT2D eigenvalue weighted by molar-refractivity contribution is 5.69. The summed E-state index contributed by atoms with van der Waals surface area (Å²) in [4.78, 5) is 11.6. The summed E-state index contributed by atoms with van der Waals surface area (Å²) in [6, 6.07) is 4.61. The first-order valence-electron chi connectivity index (χ1n) is 12.1. The van der Waals surface area contributed by atoms with E-state index >= 15 is 0 Å². The Balaban J connectivity index is 1.81. The van der Waals surface area contributed by atoms with Gasteiger partial charge < -0.3 is 19.3 Å². The third kappa shape index (κ3) is 10.4. The van der Waals surface area contributed by atoms with Gasteiger partial charge in [0, 0.05) is 13.5 Å². The van der Waals surface area contributed by atoms with Crippen LogP contribution in [0.5, 0.6) is 5.75 Å². The zero-order valence-corrected chi connectivity index (χ0v) is 20.7. The van der Waals surface area contributed by atoms with Crippen molar-refractivity contribution in [3.63, 3.8) is 0 Å². The number of carbonyl (C=O) groups is 1. The van der Waals surface area contributed by atoms with Crippen LogP contribution in [0.3, 0.4) is 0 Å². The Morgan fingerprint density at radius 1 is 1.23 bits per heavy atom. The average molecular weight is 499 g/mol. The molecule has 0 spiro atoms. The van der Waals surface area contributed by atoms with Crippen molar-refractivity contribution < 1.29 is 37.3 Å². The zero-order valence-electron chi connectivity index (χ0n) is 20.7. The lowest BCUT2D eigenvalue weighted by Gasteiger charge is -2.21. The maximum Gasteiger partial charge on any atom is 0.416 e. The monoisotopic (exact) mass is 498 g/mol. The van der Waals surface area contributed by atoms with E-state index in [2.05, 4.69) is 12.2 Å². The number of methoxy groups -OCH3 is 1. The minimum absolute atomic E-state index is 0.0630. The van der Waals surface area contributed by atoms with Crippen LogP contribution < -0.4 is 4.74 Å². The Labute approximate surface area is 206 Å². The molecule has 0 aromatic heterocycles. The molecule has 0 aliphatic heterocycles. The van der Waals surface area contributed by atoms with E-state index in [-0.39, 0.29) is 42.4 Å². The minimum Gasteiger partial charge on any atom is -0.491 e. The molecule has 1 aromatic carbocycles. The van der Waals surface area contributed by atoms with Crippen LogP contribution in [0.15, 0.2) is 48.6 Å². The standard InChI is InChI=1S/C27H37F3O5/c1-19(2)35-26(32)12-7-5-4-6-11-24-20(14-16-25(24)33-3)13-15-22(31)18-34-23-10-8-9-21(17-23)27(28,29)30/h4,6,8-10,13,15,17,19-20,22,24-25,31H,5,7,11-12,14,16,18H2,1-3H3. The molecule has 4 atom stereocenters. The average Bonchev–Trinajstić information content (AvgIpc) is 3.19. The van der Waals surface area contributed by atoms with Gasteiger partial charge in [-0.15, -0.1) is 0 Å². The van der Waals surface area contributed by atoms with Crippen molar-refractivity contribution in [2.45, 2.75) is 76.9 Å². The number of esters is 1. The first kappa shape index (κ1) is 28.9. The first-order valence-corrected chi connectivity index (χ1v) is 12.1. The minimum atomic E-state index is -4.44. The van der Waals surface area contributed by atoms with E-state index in [0.29, 0.717) is 6.42 Å². The van der Waals surface area contributed by atoms with Gasteiger partial charge >= 0.3 is 12.1 Å². The molecule has 196 valence electrons. The molecule has 1 N–H and O–H groups in total. The number of carbonyl (C=O) groups excluding carboxylic acids is 1. The molecule has 1 saturated carbocycles. The summed E-state index contributed by atoms with van der Waals surface area (Å²) in [6.45, 7) is 3.53. The topological polar surface area (TPSA) is 65.0 Å². The van der Waals surface area contributed by atoms with E-state index in [1.165, 1.54) is 12.1 Å². The predicted molar refractivity (Wildman–Crippen MR) is 128 cm³/mol. The number of aliphatic hydroxyl groups is 1. The van der Waals surface area contributed by atoms with Gasteiger partial charge in [0.2, 0.25) is 0 Å². The molecule has 0 heterocycles. The molecule has 35 heavy (non-hydrogen) atoms. The SMILES string of the molecule is COC1CCC(C=CC(O)COc2cccc(C(F)(F)F)c2)C1CC=CCCCC(=O)OC(C)C. The van der Waals surface area contributed by atoms with E-state index in [9.17, 15) is 23.1 Å². The van der Waals surface area contributed by atoms with Gasteiger partial charge in [-0.05, 0) is 76.0 Å². The normalized spacial score (nSPS) is 21.8. The fourth-order valence-corrected chi connectivity index (χ4v) is 4.25. The maximum atomic E-state index is 12.8. The van der Waals surface area contributed by atoms with Crippen LogP contribution in [0.2, 0.25) is 0 Å². The van der Waals surface area contributed by atoms with Gasteiger partial charge in [-0.1, -0.05) is 30.4 Å². The molecule has 4 unspecified atom stereocenters. The molecule has 1 fully saturated rings. The lowest BCUT2D eigenvalue weighted by molar-refractivity contribution is -0.147. The number of rotatable bonds is 13. The molecule has 8 heteroatoms. The smallest absolute Gasteiger partial charge is 0.416 e. The van der Waals surface area contributed by atoms with Crippen LogP contribution in [-0.2, 0) is 20.4 Å². The van der Waals surface area contributed by atoms with Crippen LogP contribution in [0.1, 0.15) is 57.9 Å². The van der Waals surface area contributed by atoms with Crippen LogP contribution in [0.25, 0.3) is 0 Å². The number of aliphatic hydroxyl groups excluding tert-OH is 1. The van der Waals surface area contributed by atoms with Crippen molar-refractivity contribution in [3.05, 3.63) is 54.1 Å². The second kappa shape index (κ2) is 14.3. The highest BCUT2D eigenvalue weighted by atomic mass is 19.4. The number of benzene rings is 1. The molecule has 1 aromatic rings. The second-order valence-electron chi connectivity index (χ2n) is 9.11. The van der Waals surface area contributed by atoms with Crippen molar-refractivity contribution in [3.8, 4) is 5.75 Å². The molecule has 0 saturated heterocycles. The second-order valence-corrected chi connectivity index (χ2v) is 9.11. The molecule has 2 rings (SSSR count). The van der Waals surface area contributed by atoms with Crippen molar-refractivity contribution >= 4 is 5.97 Å². The Bertz CT molecular complexity index is 834. The Hall–Kier alpha value is -2.32. The summed E-state index contributed by atoms with van der Waals surface area (Å²) in [5.74, 6) is 0.362. The fraction of sp³-hybridized carbons (Fsp3) is 0.593. The number of hydrogen-bond acceptors (Lipinski definition) is 5. The molecular weight excluding hydrogens is 461 g/mol. The van der Waals surface area contributed by atoms with Crippen LogP contribution in [-0.4, -0.2) is 43.1 Å². The van der Waals surface area contributed by atoms with Gasteiger partial charge in [0.15, 0.2) is 0 Å². The Morgan fingerprint density at radius 3 is 2.69 bits per heavy atom. The van der Waals surface area contributed by atoms with E-state index < -0.39 is 17.8 Å². The van der Waals surface area contributed by atoms with Crippen molar-refractivity contribution in [1.82, 2.24) is 0 Å². The fourth-order valence-electron chi connectivity index (χ4n) is 4.25. The number of unbranched alkanes of at least 4 members (excludes halogenated alkanes) is 1. The number of alkyl halides is 3. The molecular formula is C27H37F3O5. The third-order valence-electron chi connectivity index (χ3n) is 5.97. The van der Waals surface area contributed by atoms with E-state index in [1.54, 1.807) is 13.2 Å². The van der Waals surface area contributed by atoms with Gasteiger partial charge in [-0.25, -0.2) is 0 Å². The van der Waals surface area contributed by atoms with Gasteiger partial charge in [0.25, 0.3) is 0 Å². The van der Waals surface area contributed by atoms with E-state index in [1.807, 2.05) is 19.9 Å². The van der Waals surface area contributed by atoms with Crippen molar-refractivity contribution in [1.29, 1.82) is 0 Å². The van der Waals surface area contributed by atoms with Crippen LogP contribution in [0, 0.1) is 11.8 Å². The molecule has 1 aliphatic rings.